The van der Waals surface area contributed by atoms with Gasteiger partial charge in [0.1, 0.15) is 0 Å². The minimum Gasteiger partial charge on any atom is -0.400 e. The monoisotopic (exact) mass is 209 g/mol. The number of rotatable bonds is 2. The van der Waals surface area contributed by atoms with Gasteiger partial charge in [-0.25, -0.2) is 0 Å². The minimum absolute atomic E-state index is 0.0844. The average molecular weight is 209 g/mol. The van der Waals surface area contributed by atoms with Gasteiger partial charge in [-0.1, -0.05) is 18.2 Å². The second-order valence-electron chi connectivity index (χ2n) is 3.18. The topological polar surface area (TPSA) is 73.3 Å². The van der Waals surface area contributed by atoms with Gasteiger partial charge in [0.25, 0.3) is 0 Å². The molecule has 0 bridgehead atoms. The molecule has 84 valence electrons. The lowest BCUT2D eigenvalue weighted by atomic mass is 10.2. The molecule has 0 unspecified atom stereocenters. The van der Waals surface area contributed by atoms with Crippen molar-refractivity contribution in [2.45, 2.75) is 19.9 Å². The van der Waals surface area contributed by atoms with E-state index in [4.69, 9.17) is 16.2 Å². The number of hydrogen-bond donors (Lipinski definition) is 3. The average Bonchev–Trinajstić information content (AvgIpc) is 2.21. The van der Waals surface area contributed by atoms with Crippen LogP contribution in [-0.4, -0.2) is 24.2 Å². The fourth-order valence-corrected chi connectivity index (χ4v) is 1.30. The standard InChI is InChI=1S/C10H15N3.CH4O/c1-8(2)13(10(11)12)9-6-4-3-5-7-9;1-2/h3-8H,1-2H3,(H3,11,12);2H,1H3. The van der Waals surface area contributed by atoms with Crippen molar-refractivity contribution in [2.75, 3.05) is 12.0 Å². The summed E-state index contributed by atoms with van der Waals surface area (Å²) in [5, 5.41) is 14.4. The largest absolute Gasteiger partial charge is 0.400 e. The molecule has 0 aromatic heterocycles. The minimum atomic E-state index is 0.0844. The van der Waals surface area contributed by atoms with Gasteiger partial charge >= 0.3 is 0 Å². The number of guanidine groups is 1. The van der Waals surface area contributed by atoms with E-state index in [1.807, 2.05) is 44.2 Å². The molecule has 0 spiro atoms. The number of hydrogen-bond acceptors (Lipinski definition) is 2. The summed E-state index contributed by atoms with van der Waals surface area (Å²) in [6.07, 6.45) is 0. The van der Waals surface area contributed by atoms with Crippen LogP contribution in [0, 0.1) is 5.41 Å². The van der Waals surface area contributed by atoms with Crippen LogP contribution in [0.2, 0.25) is 0 Å². The Morgan fingerprint density at radius 2 is 1.73 bits per heavy atom. The van der Waals surface area contributed by atoms with Gasteiger partial charge in [-0.3, -0.25) is 5.41 Å². The van der Waals surface area contributed by atoms with Crippen molar-refractivity contribution < 1.29 is 5.11 Å². The van der Waals surface area contributed by atoms with Crippen LogP contribution in [0.4, 0.5) is 5.69 Å². The molecule has 0 heterocycles. The highest BCUT2D eigenvalue weighted by Crippen LogP contribution is 2.15. The van der Waals surface area contributed by atoms with Crippen molar-refractivity contribution in [1.29, 1.82) is 5.41 Å². The lowest BCUT2D eigenvalue weighted by Gasteiger charge is -2.26. The molecular weight excluding hydrogens is 190 g/mol. The molecule has 0 fully saturated rings. The van der Waals surface area contributed by atoms with E-state index >= 15 is 0 Å². The van der Waals surface area contributed by atoms with Crippen molar-refractivity contribution in [2.24, 2.45) is 5.73 Å². The molecule has 0 aliphatic rings. The van der Waals surface area contributed by atoms with E-state index in [0.717, 1.165) is 12.8 Å². The van der Waals surface area contributed by atoms with E-state index in [-0.39, 0.29) is 12.0 Å². The number of benzene rings is 1. The van der Waals surface area contributed by atoms with E-state index < -0.39 is 0 Å². The number of nitrogens with two attached hydrogens (primary N) is 1. The van der Waals surface area contributed by atoms with E-state index in [1.54, 1.807) is 4.90 Å². The number of nitrogens with zero attached hydrogens (tertiary/aromatic N) is 1. The van der Waals surface area contributed by atoms with Crippen LogP contribution in [0.25, 0.3) is 0 Å². The first-order valence-corrected chi connectivity index (χ1v) is 4.76. The zero-order chi connectivity index (χ0) is 11.8. The Morgan fingerprint density at radius 1 is 1.27 bits per heavy atom. The third-order valence-corrected chi connectivity index (χ3v) is 1.81. The van der Waals surface area contributed by atoms with Gasteiger partial charge in [0.2, 0.25) is 0 Å². The summed E-state index contributed by atoms with van der Waals surface area (Å²) in [5.41, 5.74) is 6.44. The van der Waals surface area contributed by atoms with Crippen LogP contribution < -0.4 is 10.6 Å². The van der Waals surface area contributed by atoms with Crippen molar-refractivity contribution in [3.63, 3.8) is 0 Å². The van der Waals surface area contributed by atoms with Crippen LogP contribution in [0.15, 0.2) is 30.3 Å². The first-order valence-electron chi connectivity index (χ1n) is 4.76. The highest BCUT2D eigenvalue weighted by Gasteiger charge is 2.11. The van der Waals surface area contributed by atoms with Gasteiger partial charge in [-0.2, -0.15) is 0 Å². The predicted octanol–water partition coefficient (Wildman–Crippen LogP) is 1.40. The summed E-state index contributed by atoms with van der Waals surface area (Å²) < 4.78 is 0. The van der Waals surface area contributed by atoms with Crippen molar-refractivity contribution in [1.82, 2.24) is 0 Å². The zero-order valence-electron chi connectivity index (χ0n) is 9.44. The Hall–Kier alpha value is -1.55. The third-order valence-electron chi connectivity index (χ3n) is 1.81. The third kappa shape index (κ3) is 3.99. The molecule has 0 radical (unpaired) electrons. The van der Waals surface area contributed by atoms with E-state index in [0.29, 0.717) is 0 Å². The maximum Gasteiger partial charge on any atom is 0.193 e. The molecule has 1 aromatic carbocycles. The smallest absolute Gasteiger partial charge is 0.193 e. The zero-order valence-corrected chi connectivity index (χ0v) is 9.44. The summed E-state index contributed by atoms with van der Waals surface area (Å²) in [7, 11) is 1.00. The quantitative estimate of drug-likeness (QED) is 0.509. The summed E-state index contributed by atoms with van der Waals surface area (Å²) in [6, 6.07) is 9.92. The fourth-order valence-electron chi connectivity index (χ4n) is 1.30. The number of aliphatic hydroxyl groups is 1. The molecule has 4 nitrogen and oxygen atoms in total. The first kappa shape index (κ1) is 13.4. The van der Waals surface area contributed by atoms with Crippen LogP contribution in [0.3, 0.4) is 0 Å². The second-order valence-corrected chi connectivity index (χ2v) is 3.18. The van der Waals surface area contributed by atoms with Gasteiger partial charge in [0, 0.05) is 18.8 Å². The molecule has 0 amide bonds. The molecule has 0 saturated heterocycles. The van der Waals surface area contributed by atoms with Gasteiger partial charge < -0.3 is 15.7 Å². The Balaban J connectivity index is 0.000000921. The molecule has 0 saturated carbocycles. The van der Waals surface area contributed by atoms with Crippen molar-refractivity contribution in [3.05, 3.63) is 30.3 Å². The highest BCUT2D eigenvalue weighted by molar-refractivity contribution is 5.92. The molecule has 0 atom stereocenters. The van der Waals surface area contributed by atoms with E-state index in [9.17, 15) is 0 Å². The number of anilines is 1. The lowest BCUT2D eigenvalue weighted by molar-refractivity contribution is 0.399. The molecule has 0 aliphatic carbocycles. The Labute approximate surface area is 90.8 Å². The van der Waals surface area contributed by atoms with Crippen LogP contribution in [0.1, 0.15) is 13.8 Å². The molecule has 15 heavy (non-hydrogen) atoms. The molecule has 4 heteroatoms. The number of aliphatic hydroxyl groups excluding tert-OH is 1. The summed E-state index contributed by atoms with van der Waals surface area (Å²) in [5.74, 6) is 0.0844. The van der Waals surface area contributed by atoms with E-state index in [1.165, 1.54) is 0 Å². The molecule has 1 rings (SSSR count). The Bertz CT molecular complexity index is 285. The maximum absolute atomic E-state index is 7.42. The lowest BCUT2D eigenvalue weighted by Crippen LogP contribution is -2.41. The van der Waals surface area contributed by atoms with Gasteiger partial charge in [-0.05, 0) is 26.0 Å². The maximum atomic E-state index is 7.42. The van der Waals surface area contributed by atoms with E-state index in [2.05, 4.69) is 0 Å². The molecule has 4 N–H and O–H groups in total. The summed E-state index contributed by atoms with van der Waals surface area (Å²) in [6.45, 7) is 4.02. The van der Waals surface area contributed by atoms with Gasteiger partial charge in [0.05, 0.1) is 0 Å². The second kappa shape index (κ2) is 6.84. The molecular formula is C11H19N3O. The van der Waals surface area contributed by atoms with Gasteiger partial charge in [0.15, 0.2) is 5.96 Å². The fraction of sp³-hybridized carbons (Fsp3) is 0.364. The van der Waals surface area contributed by atoms with Crippen LogP contribution >= 0.6 is 0 Å². The SMILES string of the molecule is CC(C)N(C(=N)N)c1ccccc1.CO. The summed E-state index contributed by atoms with van der Waals surface area (Å²) >= 11 is 0. The van der Waals surface area contributed by atoms with Crippen LogP contribution in [-0.2, 0) is 0 Å². The first-order chi connectivity index (χ1) is 7.13. The number of nitrogens with one attached hydrogen (secondary N) is 1. The van der Waals surface area contributed by atoms with Crippen molar-refractivity contribution >= 4 is 11.6 Å². The molecule has 1 aromatic rings. The molecule has 0 aliphatic heterocycles. The highest BCUT2D eigenvalue weighted by atomic mass is 16.2. The Kier molecular flexibility index (Phi) is 6.13. The predicted molar refractivity (Wildman–Crippen MR) is 64.1 cm³/mol. The Morgan fingerprint density at radius 3 is 2.07 bits per heavy atom. The van der Waals surface area contributed by atoms with Crippen molar-refractivity contribution in [3.8, 4) is 0 Å². The van der Waals surface area contributed by atoms with Crippen LogP contribution in [0.5, 0.6) is 0 Å². The van der Waals surface area contributed by atoms with Gasteiger partial charge in [-0.15, -0.1) is 0 Å². The number of para-hydroxylation sites is 1. The summed E-state index contributed by atoms with van der Waals surface area (Å²) in [4.78, 5) is 1.78. The normalized spacial score (nSPS) is 9.13.